The molecule has 0 atom stereocenters. The summed E-state index contributed by atoms with van der Waals surface area (Å²) < 4.78 is 14.3. The number of rotatable bonds is 2. The van der Waals surface area contributed by atoms with Crippen LogP contribution >= 0.6 is 27.5 Å². The maximum absolute atomic E-state index is 13.6. The minimum Gasteiger partial charge on any atom is -0.352 e. The van der Waals surface area contributed by atoms with Crippen molar-refractivity contribution in [2.24, 2.45) is 0 Å². The molecule has 2 aromatic carbocycles. The lowest BCUT2D eigenvalue weighted by atomic mass is 10.2. The highest BCUT2D eigenvalue weighted by Gasteiger charge is 2.07. The molecule has 0 saturated heterocycles. The Bertz CT molecular complexity index is 637. The van der Waals surface area contributed by atoms with E-state index in [1.165, 1.54) is 12.1 Å². The quantitative estimate of drug-likeness (QED) is 0.856. The van der Waals surface area contributed by atoms with Crippen LogP contribution in [-0.2, 0) is 0 Å². The van der Waals surface area contributed by atoms with Gasteiger partial charge in [-0.25, -0.2) is 4.39 Å². The van der Waals surface area contributed by atoms with E-state index in [4.69, 9.17) is 16.9 Å². The predicted molar refractivity (Wildman–Crippen MR) is 73.5 cm³/mol. The number of halogens is 3. The molecule has 2 rings (SSSR count). The Labute approximate surface area is 117 Å². The number of benzene rings is 2. The normalized spacial score (nSPS) is 9.89. The van der Waals surface area contributed by atoms with Gasteiger partial charge in [0.15, 0.2) is 0 Å². The highest BCUT2D eigenvalue weighted by molar-refractivity contribution is 9.10. The van der Waals surface area contributed by atoms with E-state index in [-0.39, 0.29) is 0 Å². The Balaban J connectivity index is 2.37. The summed E-state index contributed by atoms with van der Waals surface area (Å²) in [6.45, 7) is 0. The van der Waals surface area contributed by atoms with Crippen molar-refractivity contribution in [3.05, 3.63) is 57.3 Å². The van der Waals surface area contributed by atoms with E-state index >= 15 is 0 Å². The molecule has 2 nitrogen and oxygen atoms in total. The maximum atomic E-state index is 13.6. The summed E-state index contributed by atoms with van der Waals surface area (Å²) in [5.74, 6) is -0.400. The molecular weight excluding hydrogens is 319 g/mol. The number of nitrogens with one attached hydrogen (secondary N) is 1. The Kier molecular flexibility index (Phi) is 3.85. The van der Waals surface area contributed by atoms with E-state index in [1.54, 1.807) is 24.3 Å². The molecule has 0 heterocycles. The first kappa shape index (κ1) is 12.9. The van der Waals surface area contributed by atoms with Crippen molar-refractivity contribution in [3.63, 3.8) is 0 Å². The molecule has 0 aromatic heterocycles. The lowest BCUT2D eigenvalue weighted by molar-refractivity contribution is 0.631. The lowest BCUT2D eigenvalue weighted by Gasteiger charge is -2.09. The van der Waals surface area contributed by atoms with Gasteiger partial charge in [0.05, 0.1) is 16.9 Å². The Hall–Kier alpha value is -1.57. The molecule has 0 radical (unpaired) electrons. The Morgan fingerprint density at radius 2 is 1.89 bits per heavy atom. The molecule has 0 bridgehead atoms. The summed E-state index contributed by atoms with van der Waals surface area (Å²) in [7, 11) is 0. The third-order valence-corrected chi connectivity index (χ3v) is 3.03. The molecule has 0 aliphatic carbocycles. The number of nitrogens with zero attached hydrogens (tertiary/aromatic N) is 1. The monoisotopic (exact) mass is 324 g/mol. The van der Waals surface area contributed by atoms with Crippen molar-refractivity contribution in [1.29, 1.82) is 5.26 Å². The number of hydrogen-bond acceptors (Lipinski definition) is 2. The smallest absolute Gasteiger partial charge is 0.147 e. The Morgan fingerprint density at radius 3 is 2.56 bits per heavy atom. The van der Waals surface area contributed by atoms with Crippen molar-refractivity contribution >= 4 is 38.9 Å². The van der Waals surface area contributed by atoms with Gasteiger partial charge in [-0.05, 0) is 36.4 Å². The third-order valence-electron chi connectivity index (χ3n) is 2.30. The fourth-order valence-electron chi connectivity index (χ4n) is 1.45. The zero-order valence-electron chi connectivity index (χ0n) is 9.05. The first-order chi connectivity index (χ1) is 8.60. The van der Waals surface area contributed by atoms with Crippen molar-refractivity contribution in [2.45, 2.75) is 0 Å². The van der Waals surface area contributed by atoms with Gasteiger partial charge >= 0.3 is 0 Å². The molecule has 0 fully saturated rings. The number of nitriles is 1. The summed E-state index contributed by atoms with van der Waals surface area (Å²) in [5, 5.41) is 12.3. The molecule has 0 aliphatic rings. The van der Waals surface area contributed by atoms with Crippen LogP contribution in [0, 0.1) is 17.1 Å². The van der Waals surface area contributed by atoms with Crippen LogP contribution in [0.25, 0.3) is 0 Å². The second-order valence-corrected chi connectivity index (χ2v) is 4.90. The number of hydrogen-bond donors (Lipinski definition) is 1. The number of anilines is 2. The second-order valence-electron chi connectivity index (χ2n) is 3.55. The third kappa shape index (κ3) is 2.81. The molecule has 5 heteroatoms. The highest BCUT2D eigenvalue weighted by atomic mass is 79.9. The van der Waals surface area contributed by atoms with Gasteiger partial charge in [0.25, 0.3) is 0 Å². The van der Waals surface area contributed by atoms with Gasteiger partial charge in [0.2, 0.25) is 0 Å². The van der Waals surface area contributed by atoms with Crippen molar-refractivity contribution < 1.29 is 4.39 Å². The molecule has 0 saturated carbocycles. The molecule has 90 valence electrons. The van der Waals surface area contributed by atoms with Crippen LogP contribution in [0.15, 0.2) is 40.9 Å². The lowest BCUT2D eigenvalue weighted by Crippen LogP contribution is -1.96. The first-order valence-electron chi connectivity index (χ1n) is 5.02. The predicted octanol–water partition coefficient (Wildman–Crippen LogP) is 4.86. The average molecular weight is 326 g/mol. The largest absolute Gasteiger partial charge is 0.352 e. The standard InChI is InChI=1S/C13H7BrClFN2/c14-9-1-3-13(11(16)6-9)18-12-4-2-10(15)5-8(12)7-17/h1-6,18H. The molecule has 18 heavy (non-hydrogen) atoms. The van der Waals surface area contributed by atoms with Crippen LogP contribution < -0.4 is 5.32 Å². The minimum atomic E-state index is -0.400. The summed E-state index contributed by atoms with van der Waals surface area (Å²) >= 11 is 8.97. The highest BCUT2D eigenvalue weighted by Crippen LogP contribution is 2.26. The SMILES string of the molecule is N#Cc1cc(Cl)ccc1Nc1ccc(Br)cc1F. The van der Waals surface area contributed by atoms with E-state index in [1.807, 2.05) is 6.07 Å². The second kappa shape index (κ2) is 5.38. The molecule has 0 spiro atoms. The fraction of sp³-hybridized carbons (Fsp3) is 0. The topological polar surface area (TPSA) is 35.8 Å². The van der Waals surface area contributed by atoms with Crippen molar-refractivity contribution in [1.82, 2.24) is 0 Å². The zero-order chi connectivity index (χ0) is 13.1. The van der Waals surface area contributed by atoms with Gasteiger partial charge in [-0.15, -0.1) is 0 Å². The Morgan fingerprint density at radius 1 is 1.17 bits per heavy atom. The summed E-state index contributed by atoms with van der Waals surface area (Å²) in [5.41, 5.74) is 1.19. The van der Waals surface area contributed by atoms with Crippen LogP contribution in [0.4, 0.5) is 15.8 Å². The van der Waals surface area contributed by atoms with Gasteiger partial charge in [-0.2, -0.15) is 5.26 Å². The van der Waals surface area contributed by atoms with Gasteiger partial charge < -0.3 is 5.32 Å². The van der Waals surface area contributed by atoms with Crippen LogP contribution in [-0.4, -0.2) is 0 Å². The minimum absolute atomic E-state index is 0.303. The summed E-state index contributed by atoms with van der Waals surface area (Å²) in [6.07, 6.45) is 0. The van der Waals surface area contributed by atoms with Gasteiger partial charge in [-0.3, -0.25) is 0 Å². The maximum Gasteiger partial charge on any atom is 0.147 e. The molecule has 0 unspecified atom stereocenters. The summed E-state index contributed by atoms with van der Waals surface area (Å²) in [4.78, 5) is 0. The van der Waals surface area contributed by atoms with Gasteiger partial charge in [-0.1, -0.05) is 27.5 Å². The molecule has 0 aliphatic heterocycles. The van der Waals surface area contributed by atoms with E-state index in [2.05, 4.69) is 21.2 Å². The molecule has 2 aromatic rings. The van der Waals surface area contributed by atoms with E-state index < -0.39 is 5.82 Å². The van der Waals surface area contributed by atoms with Crippen molar-refractivity contribution in [2.75, 3.05) is 5.32 Å². The van der Waals surface area contributed by atoms with Crippen LogP contribution in [0.5, 0.6) is 0 Å². The van der Waals surface area contributed by atoms with Gasteiger partial charge in [0, 0.05) is 9.50 Å². The fourth-order valence-corrected chi connectivity index (χ4v) is 1.96. The molecule has 1 N–H and O–H groups in total. The van der Waals surface area contributed by atoms with E-state index in [0.717, 1.165) is 0 Å². The van der Waals surface area contributed by atoms with Gasteiger partial charge in [0.1, 0.15) is 11.9 Å². The first-order valence-corrected chi connectivity index (χ1v) is 6.19. The molecule has 0 amide bonds. The average Bonchev–Trinajstić information content (AvgIpc) is 2.34. The summed E-state index contributed by atoms with van der Waals surface area (Å²) in [6, 6.07) is 11.5. The zero-order valence-corrected chi connectivity index (χ0v) is 11.4. The molecular formula is C13H7BrClFN2. The van der Waals surface area contributed by atoms with E-state index in [9.17, 15) is 4.39 Å². The van der Waals surface area contributed by atoms with Crippen LogP contribution in [0.1, 0.15) is 5.56 Å². The van der Waals surface area contributed by atoms with E-state index in [0.29, 0.717) is 26.4 Å². The van der Waals surface area contributed by atoms with Crippen LogP contribution in [0.3, 0.4) is 0 Å². The van der Waals surface area contributed by atoms with Crippen molar-refractivity contribution in [3.8, 4) is 6.07 Å². The van der Waals surface area contributed by atoms with Crippen LogP contribution in [0.2, 0.25) is 5.02 Å².